The number of fused-ring (bicyclic) bond motifs is 5. The van der Waals surface area contributed by atoms with Crippen LogP contribution in [0.2, 0.25) is 19.6 Å². The van der Waals surface area contributed by atoms with E-state index in [0.29, 0.717) is 17.8 Å². The molecule has 3 nitrogen and oxygen atoms in total. The van der Waals surface area contributed by atoms with Gasteiger partial charge >= 0.3 is 0 Å². The van der Waals surface area contributed by atoms with E-state index in [-0.39, 0.29) is 10.8 Å². The van der Waals surface area contributed by atoms with Gasteiger partial charge in [0.1, 0.15) is 5.60 Å². The average Bonchev–Trinajstić information content (AvgIpc) is 2.91. The highest BCUT2D eigenvalue weighted by atomic mass is 28.4. The first-order valence-corrected chi connectivity index (χ1v) is 14.3. The molecule has 0 aromatic heterocycles. The molecule has 4 aliphatic rings. The molecule has 2 saturated carbocycles. The first-order chi connectivity index (χ1) is 13.0. The van der Waals surface area contributed by atoms with Gasteiger partial charge in [-0.3, -0.25) is 0 Å². The van der Waals surface area contributed by atoms with Crippen molar-refractivity contribution in [2.24, 2.45) is 33.7 Å². The number of hydrogen-bond acceptors (Lipinski definition) is 3. The summed E-state index contributed by atoms with van der Waals surface area (Å²) in [6.45, 7) is 11.2. The van der Waals surface area contributed by atoms with Gasteiger partial charge in [0.15, 0.2) is 0 Å². The van der Waals surface area contributed by atoms with Crippen LogP contribution in [-0.4, -0.2) is 24.7 Å². The van der Waals surface area contributed by atoms with E-state index in [0.717, 1.165) is 44.2 Å². The van der Waals surface area contributed by atoms with Crippen LogP contribution in [0, 0.1) is 40.9 Å². The molecule has 0 spiro atoms. The summed E-state index contributed by atoms with van der Waals surface area (Å²) in [6, 6.07) is 0. The third kappa shape index (κ3) is 2.85. The lowest BCUT2D eigenvalue weighted by atomic mass is 9.48. The normalized spacial score (nSPS) is 46.2. The van der Waals surface area contributed by atoms with Gasteiger partial charge < -0.3 is 9.63 Å². The molecule has 6 unspecified atom stereocenters. The molecule has 152 valence electrons. The molecule has 6 atom stereocenters. The fourth-order valence-electron chi connectivity index (χ4n) is 6.53. The fraction of sp³-hybridized carbons (Fsp3) is 0.708. The monoisotopic (exact) mass is 397 g/mol. The Morgan fingerprint density at radius 2 is 1.89 bits per heavy atom. The van der Waals surface area contributed by atoms with Crippen LogP contribution in [0.15, 0.2) is 29.0 Å². The van der Waals surface area contributed by atoms with E-state index in [9.17, 15) is 5.11 Å². The Labute approximate surface area is 171 Å². The lowest BCUT2D eigenvalue weighted by Gasteiger charge is -2.56. The predicted molar refractivity (Wildman–Crippen MR) is 117 cm³/mol. The molecule has 0 radical (unpaired) electrons. The molecule has 0 bridgehead atoms. The molecule has 0 aromatic rings. The first-order valence-electron chi connectivity index (χ1n) is 10.9. The molecule has 0 aromatic carbocycles. The van der Waals surface area contributed by atoms with Crippen molar-refractivity contribution >= 4 is 14.0 Å². The largest absolute Gasteiger partial charge is 0.455 e. The molecule has 0 saturated heterocycles. The van der Waals surface area contributed by atoms with Gasteiger partial charge in [0.05, 0.1) is 5.71 Å². The Morgan fingerprint density at radius 3 is 2.57 bits per heavy atom. The summed E-state index contributed by atoms with van der Waals surface area (Å²) >= 11 is 0. The second-order valence-electron chi connectivity index (χ2n) is 11.0. The maximum absolute atomic E-state index is 11.1. The van der Waals surface area contributed by atoms with Gasteiger partial charge in [-0.15, -0.1) is 11.6 Å². The minimum Gasteiger partial charge on any atom is -0.455 e. The number of nitrogens with zero attached hydrogens (tertiary/aromatic N) is 1. The molecule has 4 aliphatic carbocycles. The van der Waals surface area contributed by atoms with Crippen LogP contribution in [0.5, 0.6) is 0 Å². The van der Waals surface area contributed by atoms with Gasteiger partial charge in [-0.2, -0.15) is 0 Å². The quantitative estimate of drug-likeness (QED) is 0.390. The standard InChI is InChI=1S/C24H35NO2Si/c1-7-24(26)15-12-21-19-9-8-17-16-18(25-27-28(4,5)6)10-13-22(17,2)20(19)11-14-23(21,24)3/h1,8-9,16,19-21,26H,10-15H2,2-6H3/b25-18+. The van der Waals surface area contributed by atoms with Crippen molar-refractivity contribution in [1.82, 2.24) is 0 Å². The summed E-state index contributed by atoms with van der Waals surface area (Å²) in [4.78, 5) is 0. The molecular weight excluding hydrogens is 362 g/mol. The van der Waals surface area contributed by atoms with Crippen molar-refractivity contribution in [3.8, 4) is 12.3 Å². The van der Waals surface area contributed by atoms with Crippen LogP contribution >= 0.6 is 0 Å². The van der Waals surface area contributed by atoms with Crippen LogP contribution in [0.3, 0.4) is 0 Å². The summed E-state index contributed by atoms with van der Waals surface area (Å²) in [6.07, 6.45) is 18.9. The van der Waals surface area contributed by atoms with Crippen molar-refractivity contribution in [2.75, 3.05) is 0 Å². The second kappa shape index (κ2) is 6.34. The zero-order valence-corrected chi connectivity index (χ0v) is 19.1. The van der Waals surface area contributed by atoms with E-state index in [1.807, 2.05) is 0 Å². The van der Waals surface area contributed by atoms with Crippen molar-refractivity contribution < 1.29 is 9.63 Å². The summed E-state index contributed by atoms with van der Waals surface area (Å²) < 4.78 is 5.80. The Morgan fingerprint density at radius 1 is 1.18 bits per heavy atom. The maximum atomic E-state index is 11.1. The lowest BCUT2D eigenvalue weighted by Crippen LogP contribution is -2.53. The van der Waals surface area contributed by atoms with Gasteiger partial charge in [-0.1, -0.05) is 31.9 Å². The molecule has 0 aliphatic heterocycles. The molecule has 0 heterocycles. The third-order valence-corrected chi connectivity index (χ3v) is 9.00. The van der Waals surface area contributed by atoms with Gasteiger partial charge in [-0.25, -0.2) is 0 Å². The highest BCUT2D eigenvalue weighted by Gasteiger charge is 2.62. The molecule has 2 fully saturated rings. The number of aliphatic hydroxyl groups is 1. The highest BCUT2D eigenvalue weighted by Crippen LogP contribution is 2.66. The number of allylic oxidation sites excluding steroid dienone is 4. The van der Waals surface area contributed by atoms with Crippen LogP contribution in [0.4, 0.5) is 0 Å². The second-order valence-corrected chi connectivity index (χ2v) is 15.4. The zero-order chi connectivity index (χ0) is 20.4. The van der Waals surface area contributed by atoms with E-state index in [2.05, 4.69) is 62.8 Å². The summed E-state index contributed by atoms with van der Waals surface area (Å²) in [5, 5.41) is 15.6. The first kappa shape index (κ1) is 20.0. The fourth-order valence-corrected chi connectivity index (χ4v) is 6.92. The van der Waals surface area contributed by atoms with E-state index in [1.54, 1.807) is 0 Å². The number of oxime groups is 1. The van der Waals surface area contributed by atoms with E-state index in [1.165, 1.54) is 5.57 Å². The van der Waals surface area contributed by atoms with Gasteiger partial charge in [-0.05, 0) is 93.0 Å². The average molecular weight is 398 g/mol. The van der Waals surface area contributed by atoms with Gasteiger partial charge in [0, 0.05) is 5.41 Å². The molecular formula is C24H35NO2Si. The van der Waals surface area contributed by atoms with Crippen molar-refractivity contribution in [2.45, 2.75) is 77.6 Å². The summed E-state index contributed by atoms with van der Waals surface area (Å²) in [7, 11) is -1.65. The highest BCUT2D eigenvalue weighted by molar-refractivity contribution is 6.69. The van der Waals surface area contributed by atoms with Crippen LogP contribution in [0.25, 0.3) is 0 Å². The minimum absolute atomic E-state index is 0.155. The van der Waals surface area contributed by atoms with E-state index >= 15 is 0 Å². The molecule has 28 heavy (non-hydrogen) atoms. The van der Waals surface area contributed by atoms with E-state index in [4.69, 9.17) is 11.0 Å². The molecule has 4 heteroatoms. The van der Waals surface area contributed by atoms with Crippen molar-refractivity contribution in [3.63, 3.8) is 0 Å². The number of terminal acetylenes is 1. The van der Waals surface area contributed by atoms with Crippen LogP contribution < -0.4 is 0 Å². The Kier molecular flexibility index (Phi) is 4.52. The molecule has 1 N–H and O–H groups in total. The van der Waals surface area contributed by atoms with Crippen molar-refractivity contribution in [1.29, 1.82) is 0 Å². The number of hydrogen-bond donors (Lipinski definition) is 1. The Hall–Kier alpha value is -1.31. The van der Waals surface area contributed by atoms with Crippen LogP contribution in [0.1, 0.15) is 52.4 Å². The summed E-state index contributed by atoms with van der Waals surface area (Å²) in [5.41, 5.74) is 1.59. The topological polar surface area (TPSA) is 41.8 Å². The summed E-state index contributed by atoms with van der Waals surface area (Å²) in [5.74, 6) is 4.39. The SMILES string of the molecule is C#CC1(O)CCC2C3C=CC4=C/C(=N/O[Si](C)(C)C)CCC4(C)C3CCC21C. The van der Waals surface area contributed by atoms with Gasteiger partial charge in [0.25, 0.3) is 8.32 Å². The Balaban J connectivity index is 1.65. The maximum Gasteiger partial charge on any atom is 0.278 e. The molecule has 4 rings (SSSR count). The lowest BCUT2D eigenvalue weighted by molar-refractivity contribution is -0.0799. The third-order valence-electron chi connectivity index (χ3n) is 8.36. The Bertz CT molecular complexity index is 800. The zero-order valence-electron chi connectivity index (χ0n) is 18.1. The smallest absolute Gasteiger partial charge is 0.278 e. The van der Waals surface area contributed by atoms with E-state index < -0.39 is 13.9 Å². The van der Waals surface area contributed by atoms with Gasteiger partial charge in [0.2, 0.25) is 0 Å². The molecule has 0 amide bonds. The van der Waals surface area contributed by atoms with Crippen LogP contribution in [-0.2, 0) is 4.53 Å². The minimum atomic E-state index is -1.65. The predicted octanol–water partition coefficient (Wildman–Crippen LogP) is 5.30. The number of rotatable bonds is 2. The van der Waals surface area contributed by atoms with Crippen molar-refractivity contribution in [3.05, 3.63) is 23.8 Å².